The number of nitro benzene ring substituents is 1. The van der Waals surface area contributed by atoms with Crippen LogP contribution in [0.25, 0.3) is 22.8 Å². The minimum Gasteiger partial charge on any atom is -0.481 e. The van der Waals surface area contributed by atoms with Crippen molar-refractivity contribution in [2.24, 2.45) is 0 Å². The third-order valence-corrected chi connectivity index (χ3v) is 4.31. The number of benzene rings is 2. The summed E-state index contributed by atoms with van der Waals surface area (Å²) in [6, 6.07) is 16.7. The quantitative estimate of drug-likeness (QED) is 0.408. The Morgan fingerprint density at radius 3 is 2.52 bits per heavy atom. The zero-order chi connectivity index (χ0) is 17.4. The Morgan fingerprint density at radius 2 is 1.76 bits per heavy atom. The van der Waals surface area contributed by atoms with E-state index in [-0.39, 0.29) is 10.6 Å². The van der Waals surface area contributed by atoms with Crippen LogP contribution in [0.4, 0.5) is 5.69 Å². The summed E-state index contributed by atoms with van der Waals surface area (Å²) in [5.74, 6) is 0.520. The highest BCUT2D eigenvalue weighted by molar-refractivity contribution is 6.07. The summed E-state index contributed by atoms with van der Waals surface area (Å²) in [6.45, 7) is 0. The second kappa shape index (κ2) is 5.87. The first-order valence-electron chi connectivity index (χ1n) is 7.78. The molecule has 5 nitrogen and oxygen atoms in total. The lowest BCUT2D eigenvalue weighted by atomic mass is 10.0. The Bertz CT molecular complexity index is 1020. The van der Waals surface area contributed by atoms with Crippen LogP contribution in [0.2, 0.25) is 0 Å². The standard InChI is InChI=1S/C20H14N2O3/c1-25-20-13(5-4-10-21-20)11-18-16-7-3-2-6-15(16)17-9-8-14(22(23)24)12-19(17)18/h2-12H,1H3/b18-11+. The summed E-state index contributed by atoms with van der Waals surface area (Å²) in [5, 5.41) is 11.2. The number of methoxy groups -OCH3 is 1. The number of nitro groups is 1. The van der Waals surface area contributed by atoms with Gasteiger partial charge in [0.2, 0.25) is 5.88 Å². The van der Waals surface area contributed by atoms with Gasteiger partial charge in [-0.3, -0.25) is 10.1 Å². The molecule has 0 aliphatic heterocycles. The largest absolute Gasteiger partial charge is 0.481 e. The zero-order valence-corrected chi connectivity index (χ0v) is 13.5. The summed E-state index contributed by atoms with van der Waals surface area (Å²) in [7, 11) is 1.58. The number of fused-ring (bicyclic) bond motifs is 3. The van der Waals surface area contributed by atoms with Crippen LogP contribution >= 0.6 is 0 Å². The molecule has 122 valence electrons. The molecule has 0 atom stereocenters. The van der Waals surface area contributed by atoms with E-state index < -0.39 is 0 Å². The van der Waals surface area contributed by atoms with E-state index in [4.69, 9.17) is 4.74 Å². The lowest BCUT2D eigenvalue weighted by Gasteiger charge is -2.06. The van der Waals surface area contributed by atoms with Gasteiger partial charge in [0, 0.05) is 23.9 Å². The van der Waals surface area contributed by atoms with E-state index in [9.17, 15) is 10.1 Å². The third-order valence-electron chi connectivity index (χ3n) is 4.31. The molecule has 5 heteroatoms. The molecule has 0 spiro atoms. The van der Waals surface area contributed by atoms with Gasteiger partial charge in [0.25, 0.3) is 5.69 Å². The van der Waals surface area contributed by atoms with E-state index in [1.165, 1.54) is 0 Å². The molecule has 1 heterocycles. The van der Waals surface area contributed by atoms with E-state index >= 15 is 0 Å². The van der Waals surface area contributed by atoms with E-state index in [2.05, 4.69) is 4.98 Å². The number of ether oxygens (including phenoxy) is 1. The Hall–Kier alpha value is -3.47. The van der Waals surface area contributed by atoms with Gasteiger partial charge < -0.3 is 4.74 Å². The molecule has 0 bridgehead atoms. The molecule has 1 aromatic heterocycles. The molecule has 2 aromatic carbocycles. The number of pyridine rings is 1. The van der Waals surface area contributed by atoms with Gasteiger partial charge in [0.1, 0.15) is 0 Å². The van der Waals surface area contributed by atoms with E-state index in [1.54, 1.807) is 25.4 Å². The molecule has 0 saturated heterocycles. The molecule has 0 amide bonds. The predicted octanol–water partition coefficient (Wildman–Crippen LogP) is 4.57. The van der Waals surface area contributed by atoms with Crippen molar-refractivity contribution in [3.8, 4) is 17.0 Å². The van der Waals surface area contributed by atoms with Crippen LogP contribution in [-0.2, 0) is 0 Å². The van der Waals surface area contributed by atoms with Crippen molar-refractivity contribution in [1.29, 1.82) is 0 Å². The minimum absolute atomic E-state index is 0.0793. The normalized spacial score (nSPS) is 13.4. The van der Waals surface area contributed by atoms with Crippen LogP contribution in [0.3, 0.4) is 0 Å². The highest BCUT2D eigenvalue weighted by Gasteiger charge is 2.25. The van der Waals surface area contributed by atoms with Crippen molar-refractivity contribution in [3.05, 3.63) is 87.6 Å². The van der Waals surface area contributed by atoms with Gasteiger partial charge in [-0.25, -0.2) is 4.98 Å². The van der Waals surface area contributed by atoms with E-state index in [0.29, 0.717) is 5.88 Å². The Kier molecular flexibility index (Phi) is 3.54. The number of hydrogen-bond acceptors (Lipinski definition) is 4. The summed E-state index contributed by atoms with van der Waals surface area (Å²) >= 11 is 0. The smallest absolute Gasteiger partial charge is 0.270 e. The van der Waals surface area contributed by atoms with Gasteiger partial charge in [-0.05, 0) is 52.1 Å². The SMILES string of the molecule is COc1ncccc1/C=C1\c2ccccc2-c2ccc([N+](=O)[O-])cc21. The van der Waals surface area contributed by atoms with Crippen LogP contribution in [0.15, 0.2) is 60.8 Å². The van der Waals surface area contributed by atoms with Gasteiger partial charge >= 0.3 is 0 Å². The van der Waals surface area contributed by atoms with Crippen molar-refractivity contribution >= 4 is 17.3 Å². The number of rotatable bonds is 3. The third kappa shape index (κ3) is 2.46. The van der Waals surface area contributed by atoms with Crippen molar-refractivity contribution in [1.82, 2.24) is 4.98 Å². The van der Waals surface area contributed by atoms with Crippen LogP contribution < -0.4 is 4.74 Å². The monoisotopic (exact) mass is 330 g/mol. The second-order valence-electron chi connectivity index (χ2n) is 5.69. The Morgan fingerprint density at radius 1 is 1.00 bits per heavy atom. The van der Waals surface area contributed by atoms with E-state index in [0.717, 1.165) is 33.4 Å². The average molecular weight is 330 g/mol. The first kappa shape index (κ1) is 15.1. The predicted molar refractivity (Wildman–Crippen MR) is 96.3 cm³/mol. The maximum absolute atomic E-state index is 11.2. The molecule has 0 N–H and O–H groups in total. The maximum atomic E-state index is 11.2. The fourth-order valence-electron chi connectivity index (χ4n) is 3.20. The fourth-order valence-corrected chi connectivity index (χ4v) is 3.20. The molecule has 4 rings (SSSR count). The summed E-state index contributed by atoms with van der Waals surface area (Å²) in [5.41, 5.74) is 5.80. The molecular weight excluding hydrogens is 316 g/mol. The molecule has 0 fully saturated rings. The molecular formula is C20H14N2O3. The number of nitrogens with zero attached hydrogens (tertiary/aromatic N) is 2. The number of non-ortho nitro benzene ring substituents is 1. The first-order valence-corrected chi connectivity index (χ1v) is 7.78. The minimum atomic E-state index is -0.370. The lowest BCUT2D eigenvalue weighted by Crippen LogP contribution is -1.92. The summed E-state index contributed by atoms with van der Waals surface area (Å²) in [6.07, 6.45) is 3.64. The molecule has 3 aromatic rings. The number of aromatic nitrogens is 1. The zero-order valence-electron chi connectivity index (χ0n) is 13.5. The van der Waals surface area contributed by atoms with Gasteiger partial charge in [-0.15, -0.1) is 0 Å². The van der Waals surface area contributed by atoms with Gasteiger partial charge in [0.15, 0.2) is 0 Å². The molecule has 25 heavy (non-hydrogen) atoms. The molecule has 1 aliphatic carbocycles. The Balaban J connectivity index is 1.98. The Labute approximate surface area is 144 Å². The highest BCUT2D eigenvalue weighted by Crippen LogP contribution is 2.46. The second-order valence-corrected chi connectivity index (χ2v) is 5.69. The van der Waals surface area contributed by atoms with Crippen molar-refractivity contribution in [3.63, 3.8) is 0 Å². The van der Waals surface area contributed by atoms with Gasteiger partial charge in [-0.1, -0.05) is 24.3 Å². The first-order chi connectivity index (χ1) is 12.2. The molecule has 0 radical (unpaired) electrons. The summed E-state index contributed by atoms with van der Waals surface area (Å²) in [4.78, 5) is 15.0. The fraction of sp³-hybridized carbons (Fsp3) is 0.0500. The lowest BCUT2D eigenvalue weighted by molar-refractivity contribution is -0.384. The van der Waals surface area contributed by atoms with E-state index in [1.807, 2.05) is 48.5 Å². The summed E-state index contributed by atoms with van der Waals surface area (Å²) < 4.78 is 5.33. The van der Waals surface area contributed by atoms with Crippen molar-refractivity contribution in [2.45, 2.75) is 0 Å². The number of hydrogen-bond donors (Lipinski definition) is 0. The molecule has 1 aliphatic rings. The van der Waals surface area contributed by atoms with Crippen LogP contribution in [0, 0.1) is 10.1 Å². The van der Waals surface area contributed by atoms with Gasteiger partial charge in [0.05, 0.1) is 12.0 Å². The molecule has 0 saturated carbocycles. The van der Waals surface area contributed by atoms with Crippen LogP contribution in [0.1, 0.15) is 16.7 Å². The maximum Gasteiger partial charge on any atom is 0.270 e. The topological polar surface area (TPSA) is 65.3 Å². The average Bonchev–Trinajstić information content (AvgIpc) is 2.96. The van der Waals surface area contributed by atoms with Crippen molar-refractivity contribution in [2.75, 3.05) is 7.11 Å². The highest BCUT2D eigenvalue weighted by atomic mass is 16.6. The van der Waals surface area contributed by atoms with Crippen molar-refractivity contribution < 1.29 is 9.66 Å². The van der Waals surface area contributed by atoms with Crippen LogP contribution in [0.5, 0.6) is 5.88 Å². The van der Waals surface area contributed by atoms with Crippen LogP contribution in [-0.4, -0.2) is 17.0 Å². The molecule has 0 unspecified atom stereocenters. The van der Waals surface area contributed by atoms with Gasteiger partial charge in [-0.2, -0.15) is 0 Å².